The minimum atomic E-state index is -0.681. The maximum absolute atomic E-state index is 13.8. The van der Waals surface area contributed by atoms with Crippen LogP contribution in [0.2, 0.25) is 5.02 Å². The second-order valence-electron chi connectivity index (χ2n) is 11.8. The van der Waals surface area contributed by atoms with Crippen molar-refractivity contribution >= 4 is 23.4 Å². The number of carbonyl (C=O) groups excluding carboxylic acids is 2. The summed E-state index contributed by atoms with van der Waals surface area (Å²) in [7, 11) is 0. The first kappa shape index (κ1) is 29.7. The smallest absolute Gasteiger partial charge is 0.261 e. The van der Waals surface area contributed by atoms with E-state index in [1.54, 1.807) is 17.0 Å². The number of ether oxygens (including phenoxy) is 1. The van der Waals surface area contributed by atoms with E-state index in [0.717, 1.165) is 36.8 Å². The summed E-state index contributed by atoms with van der Waals surface area (Å²) in [5.41, 5.74) is 3.12. The number of rotatable bonds is 10. The van der Waals surface area contributed by atoms with Crippen LogP contribution in [-0.2, 0) is 28.0 Å². The van der Waals surface area contributed by atoms with Gasteiger partial charge in [0, 0.05) is 24.0 Å². The van der Waals surface area contributed by atoms with Crippen molar-refractivity contribution in [3.8, 4) is 5.75 Å². The average molecular weight is 561 g/mol. The Kier molecular flexibility index (Phi) is 10.3. The number of nitrogens with one attached hydrogen (secondary N) is 1. The van der Waals surface area contributed by atoms with Gasteiger partial charge in [0.15, 0.2) is 6.61 Å². The van der Waals surface area contributed by atoms with Gasteiger partial charge in [-0.3, -0.25) is 9.59 Å². The highest BCUT2D eigenvalue weighted by Gasteiger charge is 2.32. The molecule has 1 N–H and O–H groups in total. The van der Waals surface area contributed by atoms with Crippen LogP contribution in [-0.4, -0.2) is 35.4 Å². The van der Waals surface area contributed by atoms with Crippen LogP contribution in [0, 0.1) is 0 Å². The largest absolute Gasteiger partial charge is 0.484 e. The van der Waals surface area contributed by atoms with Crippen LogP contribution in [0.5, 0.6) is 5.75 Å². The number of hydrogen-bond donors (Lipinski definition) is 1. The molecule has 5 nitrogen and oxygen atoms in total. The fraction of sp³-hybridized carbons (Fsp3) is 0.412. The summed E-state index contributed by atoms with van der Waals surface area (Å²) in [6.07, 6.45) is 5.80. The highest BCUT2D eigenvalue weighted by molar-refractivity contribution is 6.30. The van der Waals surface area contributed by atoms with Crippen LogP contribution >= 0.6 is 11.6 Å². The van der Waals surface area contributed by atoms with Crippen molar-refractivity contribution in [3.05, 3.63) is 101 Å². The third kappa shape index (κ3) is 8.59. The molecule has 3 aromatic carbocycles. The third-order valence-electron chi connectivity index (χ3n) is 7.57. The molecule has 0 bridgehead atoms. The minimum absolute atomic E-state index is 0.0279. The van der Waals surface area contributed by atoms with Crippen molar-refractivity contribution in [1.82, 2.24) is 10.2 Å². The summed E-state index contributed by atoms with van der Waals surface area (Å²) in [5, 5.41) is 3.89. The third-order valence-corrected chi connectivity index (χ3v) is 7.82. The Balaban J connectivity index is 1.58. The van der Waals surface area contributed by atoms with E-state index < -0.39 is 6.04 Å². The number of halogens is 1. The lowest BCUT2D eigenvalue weighted by atomic mass is 9.87. The molecule has 0 aliphatic heterocycles. The predicted octanol–water partition coefficient (Wildman–Crippen LogP) is 7.11. The molecule has 3 aromatic rings. The molecule has 1 atom stereocenters. The summed E-state index contributed by atoms with van der Waals surface area (Å²) < 4.78 is 5.96. The fourth-order valence-electron chi connectivity index (χ4n) is 5.16. The van der Waals surface area contributed by atoms with Crippen LogP contribution in [0.25, 0.3) is 0 Å². The monoisotopic (exact) mass is 560 g/mol. The van der Waals surface area contributed by atoms with Gasteiger partial charge in [0.1, 0.15) is 11.8 Å². The normalized spacial score (nSPS) is 14.8. The van der Waals surface area contributed by atoms with Gasteiger partial charge in [-0.05, 0) is 59.2 Å². The van der Waals surface area contributed by atoms with Crippen molar-refractivity contribution in [1.29, 1.82) is 0 Å². The predicted molar refractivity (Wildman–Crippen MR) is 162 cm³/mol. The summed E-state index contributed by atoms with van der Waals surface area (Å²) in [4.78, 5) is 29.3. The van der Waals surface area contributed by atoms with Crippen LogP contribution in [0.15, 0.2) is 78.9 Å². The second-order valence-corrected chi connectivity index (χ2v) is 12.2. The van der Waals surface area contributed by atoms with Gasteiger partial charge in [-0.1, -0.05) is 106 Å². The summed E-state index contributed by atoms with van der Waals surface area (Å²) in [6, 6.07) is 24.6. The van der Waals surface area contributed by atoms with Gasteiger partial charge in [0.05, 0.1) is 0 Å². The summed E-state index contributed by atoms with van der Waals surface area (Å²) in [5.74, 6) is 0.265. The van der Waals surface area contributed by atoms with Gasteiger partial charge in [-0.25, -0.2) is 0 Å². The van der Waals surface area contributed by atoms with Crippen LogP contribution < -0.4 is 10.1 Å². The molecule has 0 aromatic heterocycles. The van der Waals surface area contributed by atoms with Crippen molar-refractivity contribution in [3.63, 3.8) is 0 Å². The Bertz CT molecular complexity index is 1230. The minimum Gasteiger partial charge on any atom is -0.484 e. The number of amides is 2. The zero-order chi connectivity index (χ0) is 28.5. The lowest BCUT2D eigenvalue weighted by Gasteiger charge is -2.33. The molecular formula is C34H41ClN2O3. The lowest BCUT2D eigenvalue weighted by Crippen LogP contribution is -2.53. The number of nitrogens with zero attached hydrogens (tertiary/aromatic N) is 1. The van der Waals surface area contributed by atoms with E-state index in [0.29, 0.717) is 17.2 Å². The molecular weight excluding hydrogens is 520 g/mol. The van der Waals surface area contributed by atoms with E-state index in [9.17, 15) is 9.59 Å². The molecule has 1 saturated carbocycles. The molecule has 40 heavy (non-hydrogen) atoms. The van der Waals surface area contributed by atoms with E-state index in [2.05, 4.69) is 26.1 Å². The fourth-order valence-corrected chi connectivity index (χ4v) is 5.29. The van der Waals surface area contributed by atoms with E-state index in [-0.39, 0.29) is 36.4 Å². The second kappa shape index (κ2) is 13.8. The van der Waals surface area contributed by atoms with Crippen LogP contribution in [0.1, 0.15) is 69.6 Å². The molecule has 0 heterocycles. The molecule has 4 rings (SSSR count). The topological polar surface area (TPSA) is 58.6 Å². The van der Waals surface area contributed by atoms with Crippen LogP contribution in [0.4, 0.5) is 0 Å². The lowest BCUT2D eigenvalue weighted by molar-refractivity contribution is -0.143. The maximum atomic E-state index is 13.8. The quantitative estimate of drug-likeness (QED) is 0.287. The molecule has 0 radical (unpaired) electrons. The maximum Gasteiger partial charge on any atom is 0.261 e. The molecule has 0 spiro atoms. The average Bonchev–Trinajstić information content (AvgIpc) is 2.95. The first-order valence-corrected chi connectivity index (χ1v) is 14.7. The van der Waals surface area contributed by atoms with Gasteiger partial charge in [-0.2, -0.15) is 0 Å². The molecule has 212 valence electrons. The Morgan fingerprint density at radius 3 is 2.17 bits per heavy atom. The van der Waals surface area contributed by atoms with Crippen molar-refractivity contribution in [2.45, 2.75) is 83.3 Å². The molecule has 0 saturated heterocycles. The molecule has 1 fully saturated rings. The molecule has 2 amide bonds. The SMILES string of the molecule is CC(C)(C)c1ccc(OCC(=O)N(Cc2ccc(Cl)cc2)[C@H](Cc2ccccc2)C(=O)NC2CCCCC2)cc1. The Morgan fingerprint density at radius 2 is 1.55 bits per heavy atom. The highest BCUT2D eigenvalue weighted by atomic mass is 35.5. The van der Waals surface area contributed by atoms with Crippen molar-refractivity contribution < 1.29 is 14.3 Å². The Hall–Kier alpha value is -3.31. The number of carbonyl (C=O) groups is 2. The van der Waals surface area contributed by atoms with Crippen molar-refractivity contribution in [2.24, 2.45) is 0 Å². The van der Waals surface area contributed by atoms with E-state index >= 15 is 0 Å². The van der Waals surface area contributed by atoms with E-state index in [4.69, 9.17) is 16.3 Å². The Labute approximate surface area is 243 Å². The van der Waals surface area contributed by atoms with E-state index in [1.165, 1.54) is 12.0 Å². The zero-order valence-corrected chi connectivity index (χ0v) is 24.6. The summed E-state index contributed by atoms with van der Waals surface area (Å²) >= 11 is 6.13. The molecule has 1 aliphatic rings. The number of hydrogen-bond acceptors (Lipinski definition) is 3. The van der Waals surface area contributed by atoms with Crippen LogP contribution in [0.3, 0.4) is 0 Å². The highest BCUT2D eigenvalue weighted by Crippen LogP contribution is 2.25. The molecule has 6 heteroatoms. The molecule has 1 aliphatic carbocycles. The number of benzene rings is 3. The first-order chi connectivity index (χ1) is 19.2. The summed E-state index contributed by atoms with van der Waals surface area (Å²) in [6.45, 7) is 6.59. The van der Waals surface area contributed by atoms with Gasteiger partial charge in [0.25, 0.3) is 5.91 Å². The van der Waals surface area contributed by atoms with Gasteiger partial charge in [0.2, 0.25) is 5.91 Å². The van der Waals surface area contributed by atoms with Gasteiger partial charge in [-0.15, -0.1) is 0 Å². The zero-order valence-electron chi connectivity index (χ0n) is 23.9. The van der Waals surface area contributed by atoms with Gasteiger partial charge >= 0.3 is 0 Å². The standard InChI is InChI=1S/C34H41ClN2O3/c1-34(2,3)27-16-20-30(21-17-27)40-24-32(38)37(23-26-14-18-28(35)19-15-26)31(22-25-10-6-4-7-11-25)33(39)36-29-12-8-5-9-13-29/h4,6-7,10-11,14-21,29,31H,5,8-9,12-13,22-24H2,1-3H3,(H,36,39)/t31-/m1/s1. The van der Waals surface area contributed by atoms with E-state index in [1.807, 2.05) is 66.7 Å². The molecule has 0 unspecified atom stereocenters. The Morgan fingerprint density at radius 1 is 0.900 bits per heavy atom. The first-order valence-electron chi connectivity index (χ1n) is 14.3. The van der Waals surface area contributed by atoms with Crippen molar-refractivity contribution in [2.75, 3.05) is 6.61 Å². The van der Waals surface area contributed by atoms with Gasteiger partial charge < -0.3 is 15.0 Å².